The van der Waals surface area contributed by atoms with Crippen molar-refractivity contribution in [3.63, 3.8) is 0 Å². The molecule has 0 aromatic heterocycles. The van der Waals surface area contributed by atoms with Crippen molar-refractivity contribution in [2.75, 3.05) is 6.26 Å². The standard InChI is InChI=1S/C9H19BrO3S/c1-6-9(10,14(5,12)13)7(11)8(2,3)4/h7,11H,6H2,1-5H3. The van der Waals surface area contributed by atoms with Gasteiger partial charge in [-0.2, -0.15) is 0 Å². The first-order valence-corrected chi connectivity index (χ1v) is 7.22. The molecule has 0 saturated heterocycles. The van der Waals surface area contributed by atoms with Crippen LogP contribution in [-0.2, 0) is 9.84 Å². The topological polar surface area (TPSA) is 54.4 Å². The Balaban J connectivity index is 5.29. The fourth-order valence-corrected chi connectivity index (χ4v) is 3.28. The van der Waals surface area contributed by atoms with Crippen LogP contribution in [0, 0.1) is 5.41 Å². The molecule has 0 radical (unpaired) electrons. The summed E-state index contributed by atoms with van der Waals surface area (Å²) in [6.45, 7) is 7.18. The summed E-state index contributed by atoms with van der Waals surface area (Å²) in [6.07, 6.45) is 0.541. The first kappa shape index (κ1) is 14.4. The van der Waals surface area contributed by atoms with Gasteiger partial charge in [-0.25, -0.2) is 8.42 Å². The normalized spacial score (nSPS) is 20.2. The van der Waals surface area contributed by atoms with E-state index in [-0.39, 0.29) is 0 Å². The van der Waals surface area contributed by atoms with Crippen LogP contribution >= 0.6 is 15.9 Å². The Kier molecular flexibility index (Phi) is 4.21. The molecule has 0 amide bonds. The molecule has 0 aromatic carbocycles. The molecule has 0 rings (SSSR count). The van der Waals surface area contributed by atoms with Crippen LogP contribution in [0.4, 0.5) is 0 Å². The van der Waals surface area contributed by atoms with E-state index in [2.05, 4.69) is 15.9 Å². The van der Waals surface area contributed by atoms with Gasteiger partial charge >= 0.3 is 0 Å². The number of rotatable bonds is 3. The number of aliphatic hydroxyl groups excluding tert-OH is 1. The van der Waals surface area contributed by atoms with E-state index in [1.165, 1.54) is 0 Å². The summed E-state index contributed by atoms with van der Waals surface area (Å²) < 4.78 is 21.9. The summed E-state index contributed by atoms with van der Waals surface area (Å²) >= 11 is 3.17. The van der Waals surface area contributed by atoms with Gasteiger partial charge in [0.05, 0.1) is 6.10 Å². The summed E-state index contributed by atoms with van der Waals surface area (Å²) in [5.74, 6) is 0. The van der Waals surface area contributed by atoms with E-state index in [4.69, 9.17) is 0 Å². The van der Waals surface area contributed by atoms with Crippen LogP contribution in [0.25, 0.3) is 0 Å². The predicted octanol–water partition coefficient (Wildman–Crippen LogP) is 1.94. The Morgan fingerprint density at radius 3 is 1.79 bits per heavy atom. The number of alkyl halides is 1. The van der Waals surface area contributed by atoms with Crippen molar-refractivity contribution in [2.24, 2.45) is 5.41 Å². The van der Waals surface area contributed by atoms with Crippen LogP contribution in [0.3, 0.4) is 0 Å². The van der Waals surface area contributed by atoms with E-state index < -0.39 is 25.0 Å². The van der Waals surface area contributed by atoms with Gasteiger partial charge in [-0.3, -0.25) is 0 Å². The van der Waals surface area contributed by atoms with Gasteiger partial charge in [0.1, 0.15) is 0 Å². The van der Waals surface area contributed by atoms with E-state index in [1.54, 1.807) is 6.92 Å². The van der Waals surface area contributed by atoms with Crippen molar-refractivity contribution in [3.8, 4) is 0 Å². The molecule has 86 valence electrons. The van der Waals surface area contributed by atoms with Gasteiger partial charge < -0.3 is 5.11 Å². The number of aliphatic hydroxyl groups is 1. The highest BCUT2D eigenvalue weighted by Crippen LogP contribution is 2.40. The summed E-state index contributed by atoms with van der Waals surface area (Å²) in [4.78, 5) is 0. The lowest BCUT2D eigenvalue weighted by molar-refractivity contribution is 0.0510. The smallest absolute Gasteiger partial charge is 0.165 e. The van der Waals surface area contributed by atoms with Crippen LogP contribution in [0.5, 0.6) is 0 Å². The third-order valence-corrected chi connectivity index (χ3v) is 6.83. The molecule has 0 aliphatic rings. The number of hydrogen-bond acceptors (Lipinski definition) is 3. The van der Waals surface area contributed by atoms with Crippen molar-refractivity contribution < 1.29 is 13.5 Å². The van der Waals surface area contributed by atoms with Gasteiger partial charge in [0.2, 0.25) is 0 Å². The minimum atomic E-state index is -3.33. The summed E-state index contributed by atoms with van der Waals surface area (Å²) in [7, 11) is -3.33. The minimum absolute atomic E-state index is 0.338. The zero-order valence-corrected chi connectivity index (χ0v) is 11.7. The molecule has 2 unspecified atom stereocenters. The Morgan fingerprint density at radius 1 is 1.36 bits per heavy atom. The quantitative estimate of drug-likeness (QED) is 0.807. The Hall–Kier alpha value is 0.390. The Bertz CT molecular complexity index is 292. The lowest BCUT2D eigenvalue weighted by Gasteiger charge is -2.37. The molecule has 0 fully saturated rings. The lowest BCUT2D eigenvalue weighted by atomic mass is 9.86. The summed E-state index contributed by atoms with van der Waals surface area (Å²) in [5.41, 5.74) is -0.470. The third kappa shape index (κ3) is 2.70. The molecule has 0 aliphatic carbocycles. The van der Waals surface area contributed by atoms with Gasteiger partial charge in [0.25, 0.3) is 0 Å². The van der Waals surface area contributed by atoms with E-state index in [1.807, 2.05) is 20.8 Å². The minimum Gasteiger partial charge on any atom is -0.390 e. The highest BCUT2D eigenvalue weighted by atomic mass is 79.9. The van der Waals surface area contributed by atoms with Crippen LogP contribution in [-0.4, -0.2) is 29.5 Å². The first-order valence-electron chi connectivity index (χ1n) is 4.53. The van der Waals surface area contributed by atoms with E-state index in [0.717, 1.165) is 6.26 Å². The largest absolute Gasteiger partial charge is 0.390 e. The van der Waals surface area contributed by atoms with E-state index in [9.17, 15) is 13.5 Å². The van der Waals surface area contributed by atoms with Gasteiger partial charge in [-0.05, 0) is 11.8 Å². The average molecular weight is 287 g/mol. The SMILES string of the molecule is CCC(Br)(C(O)C(C)(C)C)S(C)(=O)=O. The van der Waals surface area contributed by atoms with Crippen LogP contribution < -0.4 is 0 Å². The molecular weight excluding hydrogens is 268 g/mol. The van der Waals surface area contributed by atoms with Crippen molar-refractivity contribution >= 4 is 25.8 Å². The molecule has 0 bridgehead atoms. The zero-order chi connectivity index (χ0) is 11.8. The Morgan fingerprint density at radius 2 is 1.71 bits per heavy atom. The lowest BCUT2D eigenvalue weighted by Crippen LogP contribution is -2.49. The number of hydrogen-bond donors (Lipinski definition) is 1. The molecule has 0 spiro atoms. The van der Waals surface area contributed by atoms with E-state index >= 15 is 0 Å². The second-order valence-corrected chi connectivity index (χ2v) is 8.89. The van der Waals surface area contributed by atoms with Crippen molar-refractivity contribution in [2.45, 2.75) is 43.9 Å². The second-order valence-electron chi connectivity index (χ2n) is 4.68. The maximum absolute atomic E-state index is 11.6. The summed E-state index contributed by atoms with van der Waals surface area (Å²) in [6, 6.07) is 0. The molecule has 0 aliphatic heterocycles. The van der Waals surface area contributed by atoms with Crippen molar-refractivity contribution in [3.05, 3.63) is 0 Å². The molecule has 0 aromatic rings. The number of sulfone groups is 1. The number of halogens is 1. The third-order valence-electron chi connectivity index (χ3n) is 2.33. The van der Waals surface area contributed by atoms with E-state index in [0.29, 0.717) is 6.42 Å². The molecule has 0 heterocycles. The highest BCUT2D eigenvalue weighted by molar-refractivity contribution is 9.11. The molecule has 2 atom stereocenters. The summed E-state index contributed by atoms with van der Waals surface area (Å²) in [5, 5.41) is 10.0. The molecule has 1 N–H and O–H groups in total. The predicted molar refractivity (Wildman–Crippen MR) is 62.3 cm³/mol. The van der Waals surface area contributed by atoms with Crippen molar-refractivity contribution in [1.29, 1.82) is 0 Å². The maximum atomic E-state index is 11.6. The van der Waals surface area contributed by atoms with Crippen LogP contribution in [0.2, 0.25) is 0 Å². The van der Waals surface area contributed by atoms with Gasteiger partial charge in [-0.15, -0.1) is 0 Å². The molecule has 14 heavy (non-hydrogen) atoms. The molecular formula is C9H19BrO3S. The fourth-order valence-electron chi connectivity index (χ4n) is 1.30. The first-order chi connectivity index (χ1) is 5.97. The van der Waals surface area contributed by atoms with Gasteiger partial charge in [0.15, 0.2) is 13.5 Å². The molecule has 3 nitrogen and oxygen atoms in total. The van der Waals surface area contributed by atoms with Crippen LogP contribution in [0.1, 0.15) is 34.1 Å². The van der Waals surface area contributed by atoms with Gasteiger partial charge in [0, 0.05) is 6.26 Å². The molecule has 5 heteroatoms. The average Bonchev–Trinajstić information content (AvgIpc) is 1.97. The maximum Gasteiger partial charge on any atom is 0.165 e. The highest BCUT2D eigenvalue weighted by Gasteiger charge is 2.48. The molecule has 0 saturated carbocycles. The fraction of sp³-hybridized carbons (Fsp3) is 1.00. The Labute approximate surface area is 94.9 Å². The van der Waals surface area contributed by atoms with Crippen molar-refractivity contribution in [1.82, 2.24) is 0 Å². The second kappa shape index (κ2) is 4.10. The zero-order valence-electron chi connectivity index (χ0n) is 9.33. The van der Waals surface area contributed by atoms with Gasteiger partial charge in [-0.1, -0.05) is 43.6 Å². The van der Waals surface area contributed by atoms with Crippen LogP contribution in [0.15, 0.2) is 0 Å². The monoisotopic (exact) mass is 286 g/mol.